The quantitative estimate of drug-likeness (QED) is 0.786. The van der Waals surface area contributed by atoms with Gasteiger partial charge in [-0.15, -0.1) is 12.4 Å². The molecular formula is C23H34ClN3O2. The maximum Gasteiger partial charge on any atom is 0.225 e. The molecule has 0 bridgehead atoms. The molecule has 29 heavy (non-hydrogen) atoms. The molecule has 0 unspecified atom stereocenters. The highest BCUT2D eigenvalue weighted by Gasteiger charge is 2.38. The molecule has 5 nitrogen and oxygen atoms in total. The molecule has 0 aromatic heterocycles. The minimum absolute atomic E-state index is 0. The van der Waals surface area contributed by atoms with E-state index in [0.29, 0.717) is 6.54 Å². The fourth-order valence-electron chi connectivity index (χ4n) is 5.31. The summed E-state index contributed by atoms with van der Waals surface area (Å²) in [6, 6.07) is 10.6. The van der Waals surface area contributed by atoms with Crippen LogP contribution in [-0.2, 0) is 9.59 Å². The summed E-state index contributed by atoms with van der Waals surface area (Å²) >= 11 is 0. The number of amides is 2. The summed E-state index contributed by atoms with van der Waals surface area (Å²) in [6.45, 7) is 1.37. The van der Waals surface area contributed by atoms with E-state index in [2.05, 4.69) is 17.4 Å². The van der Waals surface area contributed by atoms with Gasteiger partial charge in [-0.05, 0) is 44.1 Å². The Hall–Kier alpha value is -1.59. The van der Waals surface area contributed by atoms with E-state index < -0.39 is 0 Å². The van der Waals surface area contributed by atoms with E-state index in [1.807, 2.05) is 23.1 Å². The molecule has 3 fully saturated rings. The second-order valence-electron chi connectivity index (χ2n) is 8.96. The van der Waals surface area contributed by atoms with Crippen molar-refractivity contribution in [3.05, 3.63) is 35.9 Å². The van der Waals surface area contributed by atoms with Crippen molar-refractivity contribution < 1.29 is 9.59 Å². The van der Waals surface area contributed by atoms with Crippen LogP contribution in [0.3, 0.4) is 0 Å². The molecule has 1 heterocycles. The van der Waals surface area contributed by atoms with Gasteiger partial charge in [0.1, 0.15) is 0 Å². The fraction of sp³-hybridized carbons (Fsp3) is 0.652. The van der Waals surface area contributed by atoms with Crippen LogP contribution in [0.25, 0.3) is 0 Å². The Morgan fingerprint density at radius 3 is 2.21 bits per heavy atom. The minimum Gasteiger partial charge on any atom is -0.353 e. The lowest BCUT2D eigenvalue weighted by Gasteiger charge is -2.31. The van der Waals surface area contributed by atoms with Gasteiger partial charge < -0.3 is 16.0 Å². The van der Waals surface area contributed by atoms with Gasteiger partial charge in [-0.25, -0.2) is 0 Å². The number of rotatable bonds is 4. The zero-order chi connectivity index (χ0) is 19.5. The van der Waals surface area contributed by atoms with E-state index in [1.54, 1.807) is 0 Å². The average Bonchev–Trinajstić information content (AvgIpc) is 3.39. The number of benzene rings is 1. The number of carbonyl (C=O) groups excluding carboxylic acids is 2. The van der Waals surface area contributed by atoms with Crippen LogP contribution >= 0.6 is 12.4 Å². The summed E-state index contributed by atoms with van der Waals surface area (Å²) in [4.78, 5) is 27.4. The van der Waals surface area contributed by atoms with Crippen molar-refractivity contribution in [2.24, 2.45) is 17.6 Å². The van der Waals surface area contributed by atoms with Gasteiger partial charge in [0, 0.05) is 42.9 Å². The van der Waals surface area contributed by atoms with Gasteiger partial charge in [0.25, 0.3) is 0 Å². The highest BCUT2D eigenvalue weighted by atomic mass is 35.5. The van der Waals surface area contributed by atoms with Crippen molar-refractivity contribution in [3.8, 4) is 0 Å². The Morgan fingerprint density at radius 1 is 0.897 bits per heavy atom. The van der Waals surface area contributed by atoms with Gasteiger partial charge in [-0.3, -0.25) is 9.59 Å². The zero-order valence-electron chi connectivity index (χ0n) is 17.1. The number of nitrogens with two attached hydrogens (primary N) is 1. The van der Waals surface area contributed by atoms with Crippen LogP contribution in [0, 0.1) is 11.8 Å². The van der Waals surface area contributed by atoms with Crippen LogP contribution in [-0.4, -0.2) is 41.9 Å². The molecule has 3 N–H and O–H groups in total. The van der Waals surface area contributed by atoms with Crippen molar-refractivity contribution in [2.45, 2.75) is 69.4 Å². The number of halogens is 1. The van der Waals surface area contributed by atoms with Crippen LogP contribution in [0.1, 0.15) is 62.8 Å². The Balaban J connectivity index is 0.00000240. The first-order valence-corrected chi connectivity index (χ1v) is 11.0. The summed E-state index contributed by atoms with van der Waals surface area (Å²) in [5.74, 6) is 1.03. The SMILES string of the molecule is Cl.N[C@@H]1CN(C(=O)C2CCC(NC(=O)C3CCCC3)CC2)C[C@H]1c1ccccc1. The predicted octanol–water partition coefficient (Wildman–Crippen LogP) is 3.23. The lowest BCUT2D eigenvalue weighted by molar-refractivity contribution is -0.135. The third-order valence-corrected chi connectivity index (χ3v) is 7.05. The highest BCUT2D eigenvalue weighted by Crippen LogP contribution is 2.32. The maximum absolute atomic E-state index is 13.0. The van der Waals surface area contributed by atoms with Crippen molar-refractivity contribution in [1.29, 1.82) is 0 Å². The number of nitrogens with zero attached hydrogens (tertiary/aromatic N) is 1. The Labute approximate surface area is 180 Å². The zero-order valence-corrected chi connectivity index (χ0v) is 17.9. The number of likely N-dealkylation sites (tertiary alicyclic amines) is 1. The molecule has 2 aliphatic carbocycles. The molecule has 1 aliphatic heterocycles. The lowest BCUT2D eigenvalue weighted by Crippen LogP contribution is -2.43. The fourth-order valence-corrected chi connectivity index (χ4v) is 5.31. The number of nitrogens with one attached hydrogen (secondary N) is 1. The van der Waals surface area contributed by atoms with Crippen molar-refractivity contribution >= 4 is 24.2 Å². The van der Waals surface area contributed by atoms with E-state index in [-0.39, 0.29) is 54.1 Å². The third kappa shape index (κ3) is 5.13. The Morgan fingerprint density at radius 2 is 1.55 bits per heavy atom. The lowest BCUT2D eigenvalue weighted by atomic mass is 9.85. The minimum atomic E-state index is 0. The molecule has 0 spiro atoms. The van der Waals surface area contributed by atoms with Gasteiger partial charge in [0.2, 0.25) is 11.8 Å². The third-order valence-electron chi connectivity index (χ3n) is 7.05. The number of carbonyl (C=O) groups is 2. The van der Waals surface area contributed by atoms with Gasteiger partial charge in [0.05, 0.1) is 0 Å². The second kappa shape index (κ2) is 9.94. The van der Waals surface area contributed by atoms with E-state index >= 15 is 0 Å². The molecule has 2 saturated carbocycles. The molecule has 1 aromatic carbocycles. The Bertz CT molecular complexity index is 685. The number of hydrogen-bond acceptors (Lipinski definition) is 3. The Kier molecular flexibility index (Phi) is 7.58. The molecule has 2 amide bonds. The van der Waals surface area contributed by atoms with Gasteiger partial charge in [0.15, 0.2) is 0 Å². The van der Waals surface area contributed by atoms with Crippen LogP contribution < -0.4 is 11.1 Å². The first-order chi connectivity index (χ1) is 13.6. The second-order valence-corrected chi connectivity index (χ2v) is 8.96. The normalized spacial score (nSPS) is 30.0. The van der Waals surface area contributed by atoms with E-state index in [9.17, 15) is 9.59 Å². The molecule has 2 atom stereocenters. The topological polar surface area (TPSA) is 75.4 Å². The van der Waals surface area contributed by atoms with Gasteiger partial charge in [-0.2, -0.15) is 0 Å². The van der Waals surface area contributed by atoms with Crippen LogP contribution in [0.15, 0.2) is 30.3 Å². The molecule has 0 radical (unpaired) electrons. The standard InChI is InChI=1S/C23H33N3O2.ClH/c24-21-15-26(14-20(21)16-6-2-1-3-7-16)23(28)18-10-12-19(13-11-18)25-22(27)17-8-4-5-9-17;/h1-3,6-7,17-21H,4-5,8-15,24H2,(H,25,27);1H/t18?,19?,20-,21+;/m0./s1. The van der Waals surface area contributed by atoms with Crippen LogP contribution in [0.4, 0.5) is 0 Å². The van der Waals surface area contributed by atoms with E-state index in [1.165, 1.54) is 18.4 Å². The average molecular weight is 420 g/mol. The van der Waals surface area contributed by atoms with Crippen molar-refractivity contribution in [2.75, 3.05) is 13.1 Å². The summed E-state index contributed by atoms with van der Waals surface area (Å²) < 4.78 is 0. The first-order valence-electron chi connectivity index (χ1n) is 11.0. The van der Waals surface area contributed by atoms with Crippen LogP contribution in [0.5, 0.6) is 0 Å². The molecule has 4 rings (SSSR count). The molecule has 1 saturated heterocycles. The maximum atomic E-state index is 13.0. The monoisotopic (exact) mass is 419 g/mol. The van der Waals surface area contributed by atoms with Gasteiger partial charge in [-0.1, -0.05) is 43.2 Å². The predicted molar refractivity (Wildman–Crippen MR) is 117 cm³/mol. The van der Waals surface area contributed by atoms with Crippen LogP contribution in [0.2, 0.25) is 0 Å². The van der Waals surface area contributed by atoms with Crippen molar-refractivity contribution in [1.82, 2.24) is 10.2 Å². The van der Waals surface area contributed by atoms with Gasteiger partial charge >= 0.3 is 0 Å². The molecule has 1 aromatic rings. The molecule has 6 heteroatoms. The largest absolute Gasteiger partial charge is 0.353 e. The summed E-state index contributed by atoms with van der Waals surface area (Å²) in [5.41, 5.74) is 7.59. The highest BCUT2D eigenvalue weighted by molar-refractivity contribution is 5.85. The summed E-state index contributed by atoms with van der Waals surface area (Å²) in [7, 11) is 0. The molecule has 3 aliphatic rings. The summed E-state index contributed by atoms with van der Waals surface area (Å²) in [6.07, 6.45) is 8.01. The van der Waals surface area contributed by atoms with E-state index in [0.717, 1.165) is 45.1 Å². The van der Waals surface area contributed by atoms with Crippen molar-refractivity contribution in [3.63, 3.8) is 0 Å². The van der Waals surface area contributed by atoms with E-state index in [4.69, 9.17) is 5.73 Å². The smallest absolute Gasteiger partial charge is 0.225 e. The first kappa shape index (κ1) is 22.1. The molecular weight excluding hydrogens is 386 g/mol. The molecule has 160 valence electrons. The summed E-state index contributed by atoms with van der Waals surface area (Å²) in [5, 5.41) is 3.24. The number of hydrogen-bond donors (Lipinski definition) is 2.